The van der Waals surface area contributed by atoms with E-state index in [-0.39, 0.29) is 0 Å². The van der Waals surface area contributed by atoms with Crippen molar-refractivity contribution < 1.29 is 0 Å². The third-order valence-corrected chi connectivity index (χ3v) is 10.7. The van der Waals surface area contributed by atoms with Crippen LogP contribution in [0.25, 0.3) is 89.1 Å². The minimum absolute atomic E-state index is 0.955. The lowest BCUT2D eigenvalue weighted by molar-refractivity contribution is 1.33. The Morgan fingerprint density at radius 1 is 0.268 bits per heavy atom. The van der Waals surface area contributed by atoms with E-state index in [0.29, 0.717) is 0 Å². The van der Waals surface area contributed by atoms with Crippen LogP contribution in [0.3, 0.4) is 0 Å². The fourth-order valence-corrected chi connectivity index (χ4v) is 7.78. The van der Waals surface area contributed by atoms with E-state index in [1.165, 1.54) is 77.9 Å². The summed E-state index contributed by atoms with van der Waals surface area (Å²) < 4.78 is 0. The molecule has 1 heteroatoms. The molecule has 1 nitrogen and oxygen atoms in total. The number of hydrogen-bond acceptors (Lipinski definition) is 1. The van der Waals surface area contributed by atoms with Crippen molar-refractivity contribution in [1.82, 2.24) is 4.98 Å². The number of rotatable bonds is 8. The topological polar surface area (TPSA) is 12.9 Å². The molecule has 0 aliphatic rings. The van der Waals surface area contributed by atoms with Crippen molar-refractivity contribution in [1.29, 1.82) is 0 Å². The lowest BCUT2D eigenvalue weighted by atomic mass is 9.78. The van der Waals surface area contributed by atoms with E-state index in [0.717, 1.165) is 22.4 Å². The molecule has 9 aromatic rings. The van der Waals surface area contributed by atoms with Gasteiger partial charge in [-0.2, -0.15) is 0 Å². The van der Waals surface area contributed by atoms with Crippen molar-refractivity contribution in [2.24, 2.45) is 0 Å². The van der Waals surface area contributed by atoms with Crippen molar-refractivity contribution in [3.8, 4) is 89.1 Å². The van der Waals surface area contributed by atoms with E-state index in [1.807, 2.05) is 12.3 Å². The average Bonchev–Trinajstić information content (AvgIpc) is 3.27. The quantitative estimate of drug-likeness (QED) is 0.153. The zero-order valence-electron chi connectivity index (χ0n) is 31.7. The van der Waals surface area contributed by atoms with Crippen molar-refractivity contribution in [2.45, 2.75) is 13.8 Å². The van der Waals surface area contributed by atoms with Gasteiger partial charge in [-0.25, -0.2) is 0 Å². The summed E-state index contributed by atoms with van der Waals surface area (Å²) >= 11 is 0. The van der Waals surface area contributed by atoms with Crippen molar-refractivity contribution >= 4 is 0 Å². The Bertz CT molecular complexity index is 2730. The van der Waals surface area contributed by atoms with E-state index in [9.17, 15) is 0 Å². The highest BCUT2D eigenvalue weighted by atomic mass is 14.7. The molecule has 0 N–H and O–H groups in total. The van der Waals surface area contributed by atoms with Gasteiger partial charge in [0, 0.05) is 11.8 Å². The van der Waals surface area contributed by atoms with Crippen LogP contribution in [0.1, 0.15) is 11.1 Å². The standard InChI is InChI=1S/C55H41N/c1-38-19-23-40(24-20-38)42-27-31-46(32-28-42)54-50(44-12-5-3-6-13-44)37-51(48-16-11-17-49(36-48)52-18-9-10-35-56-52)53(45-14-7-4-8-15-45)55(54)47-33-29-43(30-34-47)41-25-21-39(2)22-26-41/h3-37H,1-2H3. The van der Waals surface area contributed by atoms with Gasteiger partial charge in [0.2, 0.25) is 0 Å². The van der Waals surface area contributed by atoms with Crippen LogP contribution in [0.15, 0.2) is 212 Å². The van der Waals surface area contributed by atoms with Gasteiger partial charge in [0.05, 0.1) is 5.69 Å². The molecule has 1 aromatic heterocycles. The Kier molecular flexibility index (Phi) is 9.49. The van der Waals surface area contributed by atoms with E-state index < -0.39 is 0 Å². The molecule has 266 valence electrons. The Balaban J connectivity index is 1.36. The number of nitrogens with zero attached hydrogens (tertiary/aromatic N) is 1. The summed E-state index contributed by atoms with van der Waals surface area (Å²) in [4.78, 5) is 4.72. The molecule has 0 spiro atoms. The average molecular weight is 716 g/mol. The molecule has 0 unspecified atom stereocenters. The van der Waals surface area contributed by atoms with E-state index >= 15 is 0 Å². The van der Waals surface area contributed by atoms with Crippen LogP contribution in [0.4, 0.5) is 0 Å². The van der Waals surface area contributed by atoms with Crippen LogP contribution in [-0.4, -0.2) is 4.98 Å². The molecule has 1 heterocycles. The molecule has 0 atom stereocenters. The van der Waals surface area contributed by atoms with Crippen molar-refractivity contribution in [2.75, 3.05) is 0 Å². The highest BCUT2D eigenvalue weighted by Gasteiger charge is 2.24. The summed E-state index contributed by atoms with van der Waals surface area (Å²) in [6.07, 6.45) is 1.86. The molecule has 0 aliphatic heterocycles. The van der Waals surface area contributed by atoms with Crippen molar-refractivity contribution in [3.05, 3.63) is 224 Å². The fourth-order valence-electron chi connectivity index (χ4n) is 7.78. The Labute approximate surface area is 330 Å². The van der Waals surface area contributed by atoms with Crippen LogP contribution >= 0.6 is 0 Å². The van der Waals surface area contributed by atoms with Crippen LogP contribution < -0.4 is 0 Å². The first-order chi connectivity index (χ1) is 27.6. The molecule has 0 saturated carbocycles. The summed E-state index contributed by atoms with van der Waals surface area (Å²) in [5, 5.41) is 0. The smallest absolute Gasteiger partial charge is 0.0702 e. The van der Waals surface area contributed by atoms with Gasteiger partial charge in [-0.1, -0.05) is 193 Å². The van der Waals surface area contributed by atoms with Gasteiger partial charge in [-0.3, -0.25) is 4.98 Å². The number of benzene rings is 8. The maximum atomic E-state index is 4.72. The zero-order valence-corrected chi connectivity index (χ0v) is 31.7. The van der Waals surface area contributed by atoms with Crippen LogP contribution in [0.2, 0.25) is 0 Å². The molecule has 0 amide bonds. The second-order valence-corrected chi connectivity index (χ2v) is 14.5. The number of aryl methyl sites for hydroxylation is 2. The molecule has 9 rings (SSSR count). The first-order valence-corrected chi connectivity index (χ1v) is 19.3. The Morgan fingerprint density at radius 3 is 1.18 bits per heavy atom. The van der Waals surface area contributed by atoms with Gasteiger partial charge in [0.15, 0.2) is 0 Å². The van der Waals surface area contributed by atoms with Crippen molar-refractivity contribution in [3.63, 3.8) is 0 Å². The summed E-state index contributed by atoms with van der Waals surface area (Å²) in [6, 6.07) is 75.0. The van der Waals surface area contributed by atoms with Gasteiger partial charge >= 0.3 is 0 Å². The molecule has 0 fully saturated rings. The summed E-state index contributed by atoms with van der Waals surface area (Å²) in [7, 11) is 0. The largest absolute Gasteiger partial charge is 0.256 e. The lowest BCUT2D eigenvalue weighted by Crippen LogP contribution is -1.98. The number of hydrogen-bond donors (Lipinski definition) is 0. The first-order valence-electron chi connectivity index (χ1n) is 19.3. The van der Waals surface area contributed by atoms with Crippen LogP contribution in [-0.2, 0) is 0 Å². The summed E-state index contributed by atoms with van der Waals surface area (Å²) in [5.41, 5.74) is 21.2. The second kappa shape index (κ2) is 15.3. The van der Waals surface area contributed by atoms with E-state index in [1.54, 1.807) is 0 Å². The molecule has 0 aliphatic carbocycles. The zero-order chi connectivity index (χ0) is 37.8. The van der Waals surface area contributed by atoms with Gasteiger partial charge in [-0.05, 0) is 116 Å². The molecular formula is C55H41N. The van der Waals surface area contributed by atoms with Crippen LogP contribution in [0, 0.1) is 13.8 Å². The number of aromatic nitrogens is 1. The van der Waals surface area contributed by atoms with Gasteiger partial charge in [0.1, 0.15) is 0 Å². The third kappa shape index (κ3) is 6.99. The lowest BCUT2D eigenvalue weighted by Gasteiger charge is -2.25. The first kappa shape index (κ1) is 34.7. The minimum Gasteiger partial charge on any atom is -0.256 e. The van der Waals surface area contributed by atoms with Gasteiger partial charge < -0.3 is 0 Å². The maximum absolute atomic E-state index is 4.72. The fraction of sp³-hybridized carbons (Fsp3) is 0.0364. The summed E-state index contributed by atoms with van der Waals surface area (Å²) in [6.45, 7) is 4.27. The van der Waals surface area contributed by atoms with E-state index in [2.05, 4.69) is 214 Å². The predicted molar refractivity (Wildman–Crippen MR) is 237 cm³/mol. The normalized spacial score (nSPS) is 11.0. The molecule has 0 saturated heterocycles. The summed E-state index contributed by atoms with van der Waals surface area (Å²) in [5.74, 6) is 0. The van der Waals surface area contributed by atoms with Gasteiger partial charge in [0.25, 0.3) is 0 Å². The highest BCUT2D eigenvalue weighted by molar-refractivity contribution is 6.07. The highest BCUT2D eigenvalue weighted by Crippen LogP contribution is 2.51. The Hall–Kier alpha value is -7.09. The molecule has 0 radical (unpaired) electrons. The maximum Gasteiger partial charge on any atom is 0.0702 e. The molecule has 0 bridgehead atoms. The molecule has 8 aromatic carbocycles. The third-order valence-electron chi connectivity index (χ3n) is 10.7. The number of pyridine rings is 1. The van der Waals surface area contributed by atoms with Gasteiger partial charge in [-0.15, -0.1) is 0 Å². The SMILES string of the molecule is Cc1ccc(-c2ccc(-c3c(-c4ccccc4)cc(-c4cccc(-c5ccccn5)c4)c(-c4ccccc4)c3-c3ccc(-c4ccc(C)cc4)cc3)cc2)cc1. The Morgan fingerprint density at radius 2 is 0.661 bits per heavy atom. The molecule has 56 heavy (non-hydrogen) atoms. The predicted octanol–water partition coefficient (Wildman–Crippen LogP) is 15.0. The second-order valence-electron chi connectivity index (χ2n) is 14.5. The van der Waals surface area contributed by atoms with E-state index in [4.69, 9.17) is 4.98 Å². The monoisotopic (exact) mass is 715 g/mol. The minimum atomic E-state index is 0.955. The van der Waals surface area contributed by atoms with Crippen LogP contribution in [0.5, 0.6) is 0 Å². The molecular weight excluding hydrogens is 675 g/mol.